The van der Waals surface area contributed by atoms with Crippen molar-refractivity contribution in [2.24, 2.45) is 0 Å². The number of halogens is 4. The lowest BCUT2D eigenvalue weighted by Crippen LogP contribution is -2.00. The third kappa shape index (κ3) is 6.72. The Morgan fingerprint density at radius 1 is 0.467 bits per heavy atom. The first-order chi connectivity index (χ1) is 14.6. The molecule has 0 bridgehead atoms. The fraction of sp³-hybridized carbons (Fsp3) is 0.250. The van der Waals surface area contributed by atoms with Gasteiger partial charge in [-0.25, -0.2) is 0 Å². The van der Waals surface area contributed by atoms with Gasteiger partial charge in [-0.1, -0.05) is 30.3 Å². The fourth-order valence-electron chi connectivity index (χ4n) is 3.07. The standard InChI is InChI=1S/C24H22Cl4O2/c25-11-19-5-20(12-26)8-23(7-19)29-15-17-2-1-3-18(4-17)16-30-24-9-21(13-27)6-22(10-24)14-28/h1-10H,11-16H2. The van der Waals surface area contributed by atoms with Gasteiger partial charge in [0.15, 0.2) is 0 Å². The molecule has 0 saturated carbocycles. The van der Waals surface area contributed by atoms with Crippen molar-refractivity contribution in [2.45, 2.75) is 36.7 Å². The second-order valence-corrected chi connectivity index (χ2v) is 7.97. The molecule has 0 radical (unpaired) electrons. The van der Waals surface area contributed by atoms with Crippen molar-refractivity contribution >= 4 is 46.4 Å². The number of alkyl halides is 4. The molecular formula is C24H22Cl4O2. The summed E-state index contributed by atoms with van der Waals surface area (Å²) in [6.45, 7) is 0.888. The van der Waals surface area contributed by atoms with Crippen LogP contribution in [-0.4, -0.2) is 0 Å². The normalized spacial score (nSPS) is 10.8. The maximum atomic E-state index is 5.97. The van der Waals surface area contributed by atoms with Gasteiger partial charge in [-0.2, -0.15) is 0 Å². The molecule has 0 spiro atoms. The summed E-state index contributed by atoms with van der Waals surface area (Å²) in [5.74, 6) is 3.21. The summed E-state index contributed by atoms with van der Waals surface area (Å²) in [4.78, 5) is 0. The number of ether oxygens (including phenoxy) is 2. The molecule has 0 aliphatic rings. The van der Waals surface area contributed by atoms with Crippen LogP contribution in [0.1, 0.15) is 33.4 Å². The van der Waals surface area contributed by atoms with Crippen LogP contribution in [0.2, 0.25) is 0 Å². The minimum absolute atomic E-state index is 0.421. The zero-order valence-corrected chi connectivity index (χ0v) is 19.4. The summed E-state index contributed by atoms with van der Waals surface area (Å²) in [5.41, 5.74) is 6.06. The lowest BCUT2D eigenvalue weighted by molar-refractivity contribution is 0.299. The molecule has 0 aliphatic carbocycles. The molecule has 0 N–H and O–H groups in total. The Bertz CT molecular complexity index is 856. The number of rotatable bonds is 10. The van der Waals surface area contributed by atoms with E-state index < -0.39 is 0 Å². The van der Waals surface area contributed by atoms with Gasteiger partial charge in [-0.3, -0.25) is 0 Å². The molecule has 158 valence electrons. The van der Waals surface area contributed by atoms with Gasteiger partial charge >= 0.3 is 0 Å². The van der Waals surface area contributed by atoms with Crippen LogP contribution in [0.5, 0.6) is 11.5 Å². The van der Waals surface area contributed by atoms with Crippen molar-refractivity contribution in [3.63, 3.8) is 0 Å². The van der Waals surface area contributed by atoms with Crippen LogP contribution < -0.4 is 9.47 Å². The summed E-state index contributed by atoms with van der Waals surface area (Å²) in [6.07, 6.45) is 0. The third-order valence-electron chi connectivity index (χ3n) is 4.47. The second kappa shape index (κ2) is 11.7. The molecule has 3 aromatic carbocycles. The van der Waals surface area contributed by atoms with E-state index in [9.17, 15) is 0 Å². The maximum Gasteiger partial charge on any atom is 0.120 e. The highest BCUT2D eigenvalue weighted by atomic mass is 35.5. The first-order valence-electron chi connectivity index (χ1n) is 9.46. The van der Waals surface area contributed by atoms with Gasteiger partial charge < -0.3 is 9.47 Å². The molecule has 3 aromatic rings. The van der Waals surface area contributed by atoms with E-state index in [1.165, 1.54) is 0 Å². The van der Waals surface area contributed by atoms with Crippen molar-refractivity contribution in [1.82, 2.24) is 0 Å². The van der Waals surface area contributed by atoms with Gasteiger partial charge in [0.25, 0.3) is 0 Å². The van der Waals surface area contributed by atoms with E-state index in [0.29, 0.717) is 36.7 Å². The van der Waals surface area contributed by atoms with E-state index in [0.717, 1.165) is 44.9 Å². The zero-order chi connectivity index (χ0) is 21.3. The Morgan fingerprint density at radius 3 is 1.13 bits per heavy atom. The third-order valence-corrected chi connectivity index (χ3v) is 5.71. The zero-order valence-electron chi connectivity index (χ0n) is 16.3. The highest BCUT2D eigenvalue weighted by Gasteiger charge is 2.05. The average Bonchev–Trinajstić information content (AvgIpc) is 2.81. The van der Waals surface area contributed by atoms with E-state index in [1.807, 2.05) is 54.6 Å². The first kappa shape index (κ1) is 23.1. The molecular weight excluding hydrogens is 462 g/mol. The molecule has 0 fully saturated rings. The van der Waals surface area contributed by atoms with Crippen LogP contribution in [0, 0.1) is 0 Å². The second-order valence-electron chi connectivity index (χ2n) is 6.90. The molecule has 0 unspecified atom stereocenters. The minimum Gasteiger partial charge on any atom is -0.489 e. The molecule has 6 heteroatoms. The molecule has 0 heterocycles. The number of benzene rings is 3. The predicted molar refractivity (Wildman–Crippen MR) is 126 cm³/mol. The molecule has 0 aromatic heterocycles. The van der Waals surface area contributed by atoms with Gasteiger partial charge in [0.1, 0.15) is 24.7 Å². The van der Waals surface area contributed by atoms with Gasteiger partial charge in [-0.15, -0.1) is 46.4 Å². The highest BCUT2D eigenvalue weighted by Crippen LogP contribution is 2.23. The maximum absolute atomic E-state index is 5.97. The Morgan fingerprint density at radius 2 is 0.800 bits per heavy atom. The summed E-state index contributed by atoms with van der Waals surface area (Å²) >= 11 is 23.8. The Kier molecular flexibility index (Phi) is 9.02. The van der Waals surface area contributed by atoms with Gasteiger partial charge in [-0.05, 0) is 63.7 Å². The summed E-state index contributed by atoms with van der Waals surface area (Å²) in [6, 6.07) is 19.8. The molecule has 2 nitrogen and oxygen atoms in total. The van der Waals surface area contributed by atoms with E-state index in [2.05, 4.69) is 6.07 Å². The van der Waals surface area contributed by atoms with E-state index in [4.69, 9.17) is 55.9 Å². The molecule has 0 atom stereocenters. The average molecular weight is 484 g/mol. The molecule has 0 aliphatic heterocycles. The van der Waals surface area contributed by atoms with Crippen molar-refractivity contribution in [2.75, 3.05) is 0 Å². The van der Waals surface area contributed by atoms with Crippen LogP contribution in [0.25, 0.3) is 0 Å². The Labute approximate surface area is 197 Å². The van der Waals surface area contributed by atoms with Crippen molar-refractivity contribution in [3.8, 4) is 11.5 Å². The highest BCUT2D eigenvalue weighted by molar-refractivity contribution is 6.18. The lowest BCUT2D eigenvalue weighted by Gasteiger charge is -2.12. The smallest absolute Gasteiger partial charge is 0.120 e. The first-order valence-corrected chi connectivity index (χ1v) is 11.6. The van der Waals surface area contributed by atoms with E-state index in [-0.39, 0.29) is 0 Å². The van der Waals surface area contributed by atoms with Crippen LogP contribution in [0.15, 0.2) is 60.7 Å². The largest absolute Gasteiger partial charge is 0.489 e. The summed E-state index contributed by atoms with van der Waals surface area (Å²) in [7, 11) is 0. The number of hydrogen-bond acceptors (Lipinski definition) is 2. The van der Waals surface area contributed by atoms with Gasteiger partial charge in [0.05, 0.1) is 0 Å². The predicted octanol–water partition coefficient (Wildman–Crippen LogP) is 7.80. The van der Waals surface area contributed by atoms with E-state index >= 15 is 0 Å². The minimum atomic E-state index is 0.421. The molecule has 0 saturated heterocycles. The summed E-state index contributed by atoms with van der Waals surface area (Å²) in [5, 5.41) is 0. The van der Waals surface area contributed by atoms with Gasteiger partial charge in [0, 0.05) is 23.5 Å². The van der Waals surface area contributed by atoms with Crippen LogP contribution in [-0.2, 0) is 36.7 Å². The monoisotopic (exact) mass is 482 g/mol. The topological polar surface area (TPSA) is 18.5 Å². The van der Waals surface area contributed by atoms with Crippen LogP contribution in [0.3, 0.4) is 0 Å². The Balaban J connectivity index is 1.64. The molecule has 0 amide bonds. The molecule has 30 heavy (non-hydrogen) atoms. The molecule has 3 rings (SSSR count). The van der Waals surface area contributed by atoms with E-state index in [1.54, 1.807) is 0 Å². The SMILES string of the molecule is ClCc1cc(CCl)cc(OCc2cccc(COc3cc(CCl)cc(CCl)c3)c2)c1. The van der Waals surface area contributed by atoms with Crippen LogP contribution in [0.4, 0.5) is 0 Å². The Hall–Kier alpha value is -1.58. The lowest BCUT2D eigenvalue weighted by atomic mass is 10.1. The quantitative estimate of drug-likeness (QED) is 0.274. The summed E-state index contributed by atoms with van der Waals surface area (Å²) < 4.78 is 11.9. The number of hydrogen-bond donors (Lipinski definition) is 0. The fourth-order valence-corrected chi connectivity index (χ4v) is 3.69. The van der Waals surface area contributed by atoms with Crippen molar-refractivity contribution in [3.05, 3.63) is 94.0 Å². The van der Waals surface area contributed by atoms with Crippen molar-refractivity contribution < 1.29 is 9.47 Å². The van der Waals surface area contributed by atoms with Gasteiger partial charge in [0.2, 0.25) is 0 Å². The van der Waals surface area contributed by atoms with Crippen molar-refractivity contribution in [1.29, 1.82) is 0 Å². The van der Waals surface area contributed by atoms with Crippen LogP contribution >= 0.6 is 46.4 Å².